The van der Waals surface area contributed by atoms with Crippen molar-refractivity contribution in [3.05, 3.63) is 24.4 Å². The maximum absolute atomic E-state index is 11.8. The maximum atomic E-state index is 11.8. The quantitative estimate of drug-likeness (QED) is 0.805. The molecule has 3 heterocycles. The molecule has 0 unspecified atom stereocenters. The van der Waals surface area contributed by atoms with Crippen LogP contribution in [0.25, 0.3) is 0 Å². The zero-order chi connectivity index (χ0) is 14.9. The van der Waals surface area contributed by atoms with Gasteiger partial charge in [0.1, 0.15) is 5.82 Å². The van der Waals surface area contributed by atoms with Crippen LogP contribution in [0.15, 0.2) is 24.4 Å². The molecule has 2 aliphatic rings. The van der Waals surface area contributed by atoms with Gasteiger partial charge in [-0.1, -0.05) is 6.07 Å². The second-order valence-electron chi connectivity index (χ2n) is 5.84. The highest BCUT2D eigenvalue weighted by atomic mass is 32.2. The van der Waals surface area contributed by atoms with Gasteiger partial charge < -0.3 is 9.64 Å². The second-order valence-corrected chi connectivity index (χ2v) is 7.82. The molecule has 0 N–H and O–H groups in total. The van der Waals surface area contributed by atoms with Crippen molar-refractivity contribution < 1.29 is 13.2 Å². The minimum Gasteiger partial charge on any atom is -0.370 e. The number of aromatic nitrogens is 1. The van der Waals surface area contributed by atoms with E-state index in [1.165, 1.54) is 6.26 Å². The molecule has 1 aromatic rings. The van der Waals surface area contributed by atoms with Gasteiger partial charge in [0.05, 0.1) is 18.5 Å². The lowest BCUT2D eigenvalue weighted by Crippen LogP contribution is -2.60. The summed E-state index contributed by atoms with van der Waals surface area (Å²) in [4.78, 5) is 6.58. The first-order valence-electron chi connectivity index (χ1n) is 7.24. The monoisotopic (exact) mass is 311 g/mol. The average Bonchev–Trinajstić information content (AvgIpc) is 2.47. The van der Waals surface area contributed by atoms with Crippen LogP contribution in [0.1, 0.15) is 12.8 Å². The summed E-state index contributed by atoms with van der Waals surface area (Å²) >= 11 is 0. The summed E-state index contributed by atoms with van der Waals surface area (Å²) < 4.78 is 31.2. The summed E-state index contributed by atoms with van der Waals surface area (Å²) in [7, 11) is -3.16. The first-order chi connectivity index (χ1) is 9.99. The van der Waals surface area contributed by atoms with Crippen molar-refractivity contribution >= 4 is 15.8 Å². The molecule has 21 heavy (non-hydrogen) atoms. The summed E-state index contributed by atoms with van der Waals surface area (Å²) in [5.74, 6) is 0.927. The van der Waals surface area contributed by atoms with Crippen LogP contribution in [0.3, 0.4) is 0 Å². The average molecular weight is 311 g/mol. The lowest BCUT2D eigenvalue weighted by molar-refractivity contribution is -0.0949. The molecule has 116 valence electrons. The van der Waals surface area contributed by atoms with Gasteiger partial charge in [0.15, 0.2) is 0 Å². The third kappa shape index (κ3) is 3.20. The van der Waals surface area contributed by atoms with Crippen molar-refractivity contribution in [2.24, 2.45) is 0 Å². The summed E-state index contributed by atoms with van der Waals surface area (Å²) in [6.45, 7) is 2.97. The molecule has 6 nitrogen and oxygen atoms in total. The van der Waals surface area contributed by atoms with Crippen molar-refractivity contribution in [2.45, 2.75) is 18.4 Å². The highest BCUT2D eigenvalue weighted by molar-refractivity contribution is 7.88. The fourth-order valence-corrected chi connectivity index (χ4v) is 4.05. The Labute approximate surface area is 125 Å². The van der Waals surface area contributed by atoms with E-state index in [4.69, 9.17) is 4.74 Å². The second kappa shape index (κ2) is 5.55. The molecule has 0 bridgehead atoms. The Morgan fingerprint density at radius 3 is 2.86 bits per heavy atom. The van der Waals surface area contributed by atoms with Crippen LogP contribution in [0, 0.1) is 0 Å². The highest BCUT2D eigenvalue weighted by Gasteiger charge is 2.42. The van der Waals surface area contributed by atoms with Gasteiger partial charge in [-0.15, -0.1) is 0 Å². The van der Waals surface area contributed by atoms with Crippen LogP contribution in [-0.4, -0.2) is 62.3 Å². The molecule has 0 aromatic carbocycles. The molecule has 0 radical (unpaired) electrons. The molecule has 3 rings (SSSR count). The van der Waals surface area contributed by atoms with Crippen LogP contribution in [-0.2, 0) is 14.8 Å². The van der Waals surface area contributed by atoms with Crippen LogP contribution in [0.5, 0.6) is 0 Å². The van der Waals surface area contributed by atoms with Crippen LogP contribution in [0.4, 0.5) is 5.82 Å². The Hall–Kier alpha value is -1.18. The van der Waals surface area contributed by atoms with Gasteiger partial charge in [-0.3, -0.25) is 0 Å². The number of ether oxygens (including phenoxy) is 1. The summed E-state index contributed by atoms with van der Waals surface area (Å²) in [6, 6.07) is 5.84. The fraction of sp³-hybridized carbons (Fsp3) is 0.643. The van der Waals surface area contributed by atoms with Crippen molar-refractivity contribution in [3.8, 4) is 0 Å². The molecule has 0 amide bonds. The van der Waals surface area contributed by atoms with Crippen molar-refractivity contribution in [3.63, 3.8) is 0 Å². The highest BCUT2D eigenvalue weighted by Crippen LogP contribution is 2.31. The first-order valence-corrected chi connectivity index (χ1v) is 9.08. The summed E-state index contributed by atoms with van der Waals surface area (Å²) in [5.41, 5.74) is -0.406. The van der Waals surface area contributed by atoms with Crippen molar-refractivity contribution in [1.29, 1.82) is 0 Å². The lowest BCUT2D eigenvalue weighted by atomic mass is 9.91. The van der Waals surface area contributed by atoms with Gasteiger partial charge in [0.25, 0.3) is 0 Å². The van der Waals surface area contributed by atoms with Gasteiger partial charge in [-0.25, -0.2) is 13.4 Å². The van der Waals surface area contributed by atoms with Crippen molar-refractivity contribution in [1.82, 2.24) is 9.29 Å². The van der Waals surface area contributed by atoms with E-state index in [0.29, 0.717) is 26.2 Å². The Morgan fingerprint density at radius 1 is 1.29 bits per heavy atom. The number of nitrogens with zero attached hydrogens (tertiary/aromatic N) is 3. The van der Waals surface area contributed by atoms with E-state index in [0.717, 1.165) is 25.2 Å². The molecule has 1 aromatic heterocycles. The molecule has 7 heteroatoms. The molecule has 1 atom stereocenters. The van der Waals surface area contributed by atoms with Gasteiger partial charge in [-0.05, 0) is 25.0 Å². The summed E-state index contributed by atoms with van der Waals surface area (Å²) in [6.07, 6.45) is 4.92. The molecule has 1 spiro atoms. The number of morpholine rings is 1. The summed E-state index contributed by atoms with van der Waals surface area (Å²) in [5, 5.41) is 0. The molecule has 2 aliphatic heterocycles. The SMILES string of the molecule is CS(=O)(=O)N1CCO[C@@]2(CCCN(c3ccccn3)C2)C1. The van der Waals surface area contributed by atoms with E-state index < -0.39 is 15.6 Å². The van der Waals surface area contributed by atoms with E-state index in [1.54, 1.807) is 10.5 Å². The van der Waals surface area contributed by atoms with Gasteiger partial charge in [0, 0.05) is 32.4 Å². The molecule has 2 saturated heterocycles. The number of sulfonamides is 1. The van der Waals surface area contributed by atoms with Gasteiger partial charge >= 0.3 is 0 Å². The normalized spacial score (nSPS) is 28.0. The molecule has 0 saturated carbocycles. The smallest absolute Gasteiger partial charge is 0.211 e. The fourth-order valence-electron chi connectivity index (χ4n) is 3.17. The third-order valence-corrected chi connectivity index (χ3v) is 5.44. The molecular formula is C14H21N3O3S. The minimum absolute atomic E-state index is 0.406. The lowest BCUT2D eigenvalue weighted by Gasteiger charge is -2.47. The minimum atomic E-state index is -3.16. The predicted molar refractivity (Wildman–Crippen MR) is 80.8 cm³/mol. The third-order valence-electron chi connectivity index (χ3n) is 4.20. The first kappa shape index (κ1) is 14.7. The number of anilines is 1. The van der Waals surface area contributed by atoms with E-state index in [-0.39, 0.29) is 0 Å². The van der Waals surface area contributed by atoms with Crippen molar-refractivity contribution in [2.75, 3.05) is 43.9 Å². The predicted octanol–water partition coefficient (Wildman–Crippen LogP) is 0.712. The Kier molecular flexibility index (Phi) is 3.90. The number of piperidine rings is 1. The Morgan fingerprint density at radius 2 is 2.14 bits per heavy atom. The zero-order valence-corrected chi connectivity index (χ0v) is 13.1. The molecule has 2 fully saturated rings. The maximum Gasteiger partial charge on any atom is 0.211 e. The number of hydrogen-bond donors (Lipinski definition) is 0. The van der Waals surface area contributed by atoms with E-state index in [9.17, 15) is 8.42 Å². The van der Waals surface area contributed by atoms with Crippen LogP contribution >= 0.6 is 0 Å². The topological polar surface area (TPSA) is 62.7 Å². The van der Waals surface area contributed by atoms with E-state index >= 15 is 0 Å². The standard InChI is InChI=1S/C14H21N3O3S/c1-21(18,19)17-9-10-20-14(12-17)6-4-8-16(11-14)13-5-2-3-7-15-13/h2-3,5,7H,4,6,8-12H2,1H3/t14-/m1/s1. The zero-order valence-electron chi connectivity index (χ0n) is 12.2. The van der Waals surface area contributed by atoms with Crippen LogP contribution < -0.4 is 4.90 Å². The number of pyridine rings is 1. The molecule has 0 aliphatic carbocycles. The Balaban J connectivity index is 1.78. The number of rotatable bonds is 2. The number of hydrogen-bond acceptors (Lipinski definition) is 5. The molecular weight excluding hydrogens is 290 g/mol. The van der Waals surface area contributed by atoms with E-state index in [1.807, 2.05) is 18.2 Å². The largest absolute Gasteiger partial charge is 0.370 e. The van der Waals surface area contributed by atoms with E-state index in [2.05, 4.69) is 9.88 Å². The van der Waals surface area contributed by atoms with Gasteiger partial charge in [-0.2, -0.15) is 4.31 Å². The Bertz CT molecular complexity index is 589. The van der Waals surface area contributed by atoms with Crippen LogP contribution in [0.2, 0.25) is 0 Å². The van der Waals surface area contributed by atoms with Gasteiger partial charge in [0.2, 0.25) is 10.0 Å².